The molecule has 1 aromatic carbocycles. The molecule has 1 aliphatic carbocycles. The number of amides is 1. The predicted molar refractivity (Wildman–Crippen MR) is 125 cm³/mol. The molecule has 1 heterocycles. The quantitative estimate of drug-likeness (QED) is 0.383. The van der Waals surface area contributed by atoms with Crippen LogP contribution in [0.1, 0.15) is 39.2 Å². The van der Waals surface area contributed by atoms with E-state index < -0.39 is 11.9 Å². The average Bonchev–Trinajstić information content (AvgIpc) is 3.14. The number of thiophene rings is 1. The molecule has 0 fully saturated rings. The first-order valence-corrected chi connectivity index (χ1v) is 10.9. The van der Waals surface area contributed by atoms with Crippen LogP contribution in [0.5, 0.6) is 11.5 Å². The number of methoxy groups -OCH3 is 3. The molecule has 1 aliphatic rings. The van der Waals surface area contributed by atoms with Gasteiger partial charge in [-0.05, 0) is 67.2 Å². The monoisotopic (exact) mass is 460 g/mol. The summed E-state index contributed by atoms with van der Waals surface area (Å²) >= 11 is 6.76. The summed E-state index contributed by atoms with van der Waals surface area (Å²) in [6, 6.07) is 5.33. The number of fused-ring (bicyclic) bond motifs is 1. The normalized spacial score (nSPS) is 12.7. The Bertz CT molecular complexity index is 1030. The maximum absolute atomic E-state index is 12.3. The molecule has 0 atom stereocenters. The molecule has 2 N–H and O–H groups in total. The molecular formula is C22H24N2O5S2. The zero-order chi connectivity index (χ0) is 22.4. The number of carbonyl (C=O) groups excluding carboxylic acids is 2. The van der Waals surface area contributed by atoms with Crippen molar-refractivity contribution in [1.82, 2.24) is 5.32 Å². The molecule has 31 heavy (non-hydrogen) atoms. The fourth-order valence-electron chi connectivity index (χ4n) is 3.39. The Morgan fingerprint density at radius 3 is 2.55 bits per heavy atom. The van der Waals surface area contributed by atoms with Crippen LogP contribution in [0.25, 0.3) is 6.08 Å². The number of nitrogens with one attached hydrogen (secondary N) is 2. The molecule has 0 saturated carbocycles. The zero-order valence-corrected chi connectivity index (χ0v) is 19.2. The lowest BCUT2D eigenvalue weighted by Gasteiger charge is -2.12. The minimum absolute atomic E-state index is 0.116. The standard InChI is InChI=1S/C22H24N2O5S2/c1-27-15-10-8-13(12-16(15)28-2)9-11-18(25)23-22(30)24-20-19(21(26)29-3)14-6-4-5-7-17(14)31-20/h8-12H,4-7H2,1-3H3,(H2,23,24,25,30). The van der Waals surface area contributed by atoms with Crippen molar-refractivity contribution in [2.24, 2.45) is 0 Å². The zero-order valence-electron chi connectivity index (χ0n) is 17.6. The third-order valence-corrected chi connectivity index (χ3v) is 6.27. The molecule has 1 aromatic heterocycles. The van der Waals surface area contributed by atoms with E-state index in [1.165, 1.54) is 24.5 Å². The van der Waals surface area contributed by atoms with E-state index in [0.717, 1.165) is 41.7 Å². The van der Waals surface area contributed by atoms with E-state index >= 15 is 0 Å². The fraction of sp³-hybridized carbons (Fsp3) is 0.318. The summed E-state index contributed by atoms with van der Waals surface area (Å²) < 4.78 is 15.4. The molecule has 2 aromatic rings. The Labute approximate surface area is 190 Å². The second-order valence-electron chi connectivity index (χ2n) is 6.80. The van der Waals surface area contributed by atoms with Crippen LogP contribution in [0.15, 0.2) is 24.3 Å². The van der Waals surface area contributed by atoms with Crippen molar-refractivity contribution in [2.45, 2.75) is 25.7 Å². The SMILES string of the molecule is COC(=O)c1c(NC(=S)NC(=O)C=Cc2ccc(OC)c(OC)c2)sc2c1CCCC2. The maximum atomic E-state index is 12.3. The van der Waals surface area contributed by atoms with Crippen LogP contribution in [0.4, 0.5) is 5.00 Å². The van der Waals surface area contributed by atoms with Crippen molar-refractivity contribution in [3.05, 3.63) is 45.8 Å². The van der Waals surface area contributed by atoms with Crippen LogP contribution < -0.4 is 20.1 Å². The van der Waals surface area contributed by atoms with Crippen molar-refractivity contribution >= 4 is 51.6 Å². The summed E-state index contributed by atoms with van der Waals surface area (Å²) in [5.74, 6) is 0.381. The molecule has 7 nitrogen and oxygen atoms in total. The number of hydrogen-bond acceptors (Lipinski definition) is 7. The molecule has 9 heteroatoms. The van der Waals surface area contributed by atoms with Crippen molar-refractivity contribution in [3.63, 3.8) is 0 Å². The molecule has 164 valence electrons. The predicted octanol–water partition coefficient (Wildman–Crippen LogP) is 3.96. The van der Waals surface area contributed by atoms with E-state index in [9.17, 15) is 9.59 Å². The Balaban J connectivity index is 1.67. The van der Waals surface area contributed by atoms with Crippen LogP contribution >= 0.6 is 23.6 Å². The van der Waals surface area contributed by atoms with E-state index in [4.69, 9.17) is 26.4 Å². The minimum atomic E-state index is -0.399. The lowest BCUT2D eigenvalue weighted by molar-refractivity contribution is -0.115. The van der Waals surface area contributed by atoms with E-state index in [-0.39, 0.29) is 5.11 Å². The van der Waals surface area contributed by atoms with Gasteiger partial charge in [-0.3, -0.25) is 10.1 Å². The minimum Gasteiger partial charge on any atom is -0.493 e. The summed E-state index contributed by atoms with van der Waals surface area (Å²) in [5.41, 5.74) is 2.30. The summed E-state index contributed by atoms with van der Waals surface area (Å²) in [5, 5.41) is 6.32. The van der Waals surface area contributed by atoms with Gasteiger partial charge >= 0.3 is 5.97 Å². The summed E-state index contributed by atoms with van der Waals surface area (Å²) in [4.78, 5) is 25.8. The van der Waals surface area contributed by atoms with Gasteiger partial charge in [0, 0.05) is 11.0 Å². The third-order valence-electron chi connectivity index (χ3n) is 4.86. The first-order chi connectivity index (χ1) is 15.0. The molecule has 0 unspecified atom stereocenters. The highest BCUT2D eigenvalue weighted by Gasteiger charge is 2.26. The number of rotatable bonds is 6. The van der Waals surface area contributed by atoms with Gasteiger partial charge in [-0.15, -0.1) is 11.3 Å². The number of anilines is 1. The molecule has 0 spiro atoms. The number of hydrogen-bond donors (Lipinski definition) is 2. The second-order valence-corrected chi connectivity index (χ2v) is 8.31. The number of thiocarbonyl (C=S) groups is 1. The van der Waals surface area contributed by atoms with Crippen LogP contribution in [0.3, 0.4) is 0 Å². The highest BCUT2D eigenvalue weighted by molar-refractivity contribution is 7.80. The van der Waals surface area contributed by atoms with Crippen molar-refractivity contribution < 1.29 is 23.8 Å². The smallest absolute Gasteiger partial charge is 0.341 e. The summed E-state index contributed by atoms with van der Waals surface area (Å²) in [7, 11) is 4.47. The first-order valence-electron chi connectivity index (χ1n) is 9.71. The number of carbonyl (C=O) groups is 2. The van der Waals surface area contributed by atoms with Gasteiger partial charge < -0.3 is 19.5 Å². The van der Waals surface area contributed by atoms with E-state index in [0.29, 0.717) is 22.1 Å². The molecule has 0 radical (unpaired) electrons. The first kappa shape index (κ1) is 22.8. The second kappa shape index (κ2) is 10.4. The Kier molecular flexibility index (Phi) is 7.64. The molecule has 0 bridgehead atoms. The van der Waals surface area contributed by atoms with E-state index in [2.05, 4.69) is 10.6 Å². The van der Waals surface area contributed by atoms with Gasteiger partial charge in [0.2, 0.25) is 5.91 Å². The Hall–Kier alpha value is -2.91. The summed E-state index contributed by atoms with van der Waals surface area (Å²) in [6.45, 7) is 0. The van der Waals surface area contributed by atoms with E-state index in [1.807, 2.05) is 0 Å². The van der Waals surface area contributed by atoms with Gasteiger partial charge in [0.25, 0.3) is 0 Å². The lowest BCUT2D eigenvalue weighted by Crippen LogP contribution is -2.33. The van der Waals surface area contributed by atoms with Gasteiger partial charge in [-0.2, -0.15) is 0 Å². The van der Waals surface area contributed by atoms with Gasteiger partial charge in [0.1, 0.15) is 5.00 Å². The number of ether oxygens (including phenoxy) is 3. The van der Waals surface area contributed by atoms with Crippen LogP contribution in [0, 0.1) is 0 Å². The summed E-state index contributed by atoms with van der Waals surface area (Å²) in [6.07, 6.45) is 6.91. The highest BCUT2D eigenvalue weighted by Crippen LogP contribution is 2.38. The molecule has 1 amide bonds. The number of esters is 1. The molecule has 0 aliphatic heterocycles. The fourth-order valence-corrected chi connectivity index (χ4v) is 4.94. The van der Waals surface area contributed by atoms with Crippen LogP contribution in [-0.4, -0.2) is 38.3 Å². The van der Waals surface area contributed by atoms with Crippen molar-refractivity contribution in [3.8, 4) is 11.5 Å². The topological polar surface area (TPSA) is 85.9 Å². The van der Waals surface area contributed by atoms with Crippen molar-refractivity contribution in [1.29, 1.82) is 0 Å². The van der Waals surface area contributed by atoms with Gasteiger partial charge in [-0.1, -0.05) is 6.07 Å². The van der Waals surface area contributed by atoms with Gasteiger partial charge in [-0.25, -0.2) is 4.79 Å². The Morgan fingerprint density at radius 2 is 1.84 bits per heavy atom. The third kappa shape index (κ3) is 5.42. The Morgan fingerprint density at radius 1 is 1.10 bits per heavy atom. The number of aryl methyl sites for hydroxylation is 1. The highest BCUT2D eigenvalue weighted by atomic mass is 32.1. The van der Waals surface area contributed by atoms with Gasteiger partial charge in [0.05, 0.1) is 26.9 Å². The van der Waals surface area contributed by atoms with Crippen molar-refractivity contribution in [2.75, 3.05) is 26.6 Å². The maximum Gasteiger partial charge on any atom is 0.341 e. The van der Waals surface area contributed by atoms with E-state index in [1.54, 1.807) is 38.5 Å². The van der Waals surface area contributed by atoms with Gasteiger partial charge in [0.15, 0.2) is 16.6 Å². The molecular weight excluding hydrogens is 436 g/mol. The molecule has 3 rings (SSSR count). The average molecular weight is 461 g/mol. The largest absolute Gasteiger partial charge is 0.493 e. The molecule has 0 saturated heterocycles. The lowest BCUT2D eigenvalue weighted by atomic mass is 9.95. The van der Waals surface area contributed by atoms with Crippen LogP contribution in [-0.2, 0) is 22.4 Å². The van der Waals surface area contributed by atoms with Crippen LogP contribution in [0.2, 0.25) is 0 Å². The number of benzene rings is 1.